The Morgan fingerprint density at radius 3 is 3.04 bits per heavy atom. The van der Waals surface area contributed by atoms with Gasteiger partial charge in [-0.15, -0.1) is 0 Å². The van der Waals surface area contributed by atoms with E-state index in [4.69, 9.17) is 14.2 Å². The third kappa shape index (κ3) is 6.17. The summed E-state index contributed by atoms with van der Waals surface area (Å²) < 4.78 is 16.3. The molecular formula is C17H26N2O4. The highest BCUT2D eigenvalue weighted by Crippen LogP contribution is 2.23. The SMILES string of the molecule is COCCNCC(=O)NCc1ccc(C)cc1OC1CCOC1. The molecule has 1 heterocycles. The molecule has 1 aromatic carbocycles. The van der Waals surface area contributed by atoms with Crippen molar-refractivity contribution in [3.8, 4) is 5.75 Å². The maximum absolute atomic E-state index is 11.8. The smallest absolute Gasteiger partial charge is 0.234 e. The summed E-state index contributed by atoms with van der Waals surface area (Å²) in [6.45, 7) is 5.38. The summed E-state index contributed by atoms with van der Waals surface area (Å²) in [6.07, 6.45) is 1.00. The summed E-state index contributed by atoms with van der Waals surface area (Å²) in [7, 11) is 1.63. The van der Waals surface area contributed by atoms with E-state index in [1.807, 2.05) is 25.1 Å². The zero-order valence-corrected chi connectivity index (χ0v) is 13.9. The molecule has 1 aliphatic heterocycles. The van der Waals surface area contributed by atoms with Crippen molar-refractivity contribution in [3.05, 3.63) is 29.3 Å². The second-order valence-electron chi connectivity index (χ2n) is 5.66. The van der Waals surface area contributed by atoms with Gasteiger partial charge in [-0.05, 0) is 18.6 Å². The first kappa shape index (κ1) is 17.7. The number of hydrogen-bond donors (Lipinski definition) is 2. The second-order valence-corrected chi connectivity index (χ2v) is 5.66. The number of nitrogens with one attached hydrogen (secondary N) is 2. The summed E-state index contributed by atoms with van der Waals surface area (Å²) in [6, 6.07) is 6.03. The highest BCUT2D eigenvalue weighted by molar-refractivity contribution is 5.78. The van der Waals surface area contributed by atoms with E-state index in [0.29, 0.717) is 26.3 Å². The molecule has 2 rings (SSSR count). The van der Waals surface area contributed by atoms with Gasteiger partial charge in [0.25, 0.3) is 0 Å². The first-order valence-corrected chi connectivity index (χ1v) is 7.99. The van der Waals surface area contributed by atoms with Crippen LogP contribution in [0, 0.1) is 6.92 Å². The van der Waals surface area contributed by atoms with Crippen LogP contribution in [0.1, 0.15) is 17.5 Å². The van der Waals surface area contributed by atoms with Crippen molar-refractivity contribution in [2.24, 2.45) is 0 Å². The Morgan fingerprint density at radius 2 is 2.30 bits per heavy atom. The fraction of sp³-hybridized carbons (Fsp3) is 0.588. The molecule has 6 heteroatoms. The average molecular weight is 322 g/mol. The number of benzene rings is 1. The van der Waals surface area contributed by atoms with Crippen molar-refractivity contribution in [2.45, 2.75) is 26.0 Å². The second kappa shape index (κ2) is 9.50. The molecule has 0 spiro atoms. The summed E-state index contributed by atoms with van der Waals surface area (Å²) >= 11 is 0. The maximum Gasteiger partial charge on any atom is 0.234 e. The van der Waals surface area contributed by atoms with Crippen LogP contribution in [0.4, 0.5) is 0 Å². The van der Waals surface area contributed by atoms with Gasteiger partial charge in [0.2, 0.25) is 5.91 Å². The lowest BCUT2D eigenvalue weighted by atomic mass is 10.1. The number of ether oxygens (including phenoxy) is 3. The lowest BCUT2D eigenvalue weighted by Crippen LogP contribution is -2.35. The van der Waals surface area contributed by atoms with Gasteiger partial charge in [0.15, 0.2) is 0 Å². The molecule has 1 aromatic rings. The van der Waals surface area contributed by atoms with Gasteiger partial charge in [0.05, 0.1) is 26.4 Å². The lowest BCUT2D eigenvalue weighted by Gasteiger charge is -2.17. The number of amides is 1. The summed E-state index contributed by atoms with van der Waals surface area (Å²) in [5.74, 6) is 0.782. The predicted octanol–water partition coefficient (Wildman–Crippen LogP) is 1.01. The molecule has 1 atom stereocenters. The minimum Gasteiger partial charge on any atom is -0.488 e. The van der Waals surface area contributed by atoms with Crippen LogP contribution in [0.3, 0.4) is 0 Å². The first-order valence-electron chi connectivity index (χ1n) is 7.99. The Hall–Kier alpha value is -1.63. The third-order valence-corrected chi connectivity index (χ3v) is 3.65. The molecule has 0 bridgehead atoms. The first-order chi connectivity index (χ1) is 11.2. The zero-order valence-electron chi connectivity index (χ0n) is 13.9. The standard InChI is InChI=1S/C17H26N2O4/c1-13-3-4-14(10-19-17(20)11-18-6-8-21-2)16(9-13)23-15-5-7-22-12-15/h3-4,9,15,18H,5-8,10-12H2,1-2H3,(H,19,20). The van der Waals surface area contributed by atoms with Crippen LogP contribution in [0.15, 0.2) is 18.2 Å². The Bertz CT molecular complexity index is 501. The van der Waals surface area contributed by atoms with Crippen LogP contribution in [0.2, 0.25) is 0 Å². The van der Waals surface area contributed by atoms with Crippen LogP contribution in [-0.4, -0.2) is 52.0 Å². The molecule has 1 unspecified atom stereocenters. The molecule has 0 aliphatic carbocycles. The number of carbonyl (C=O) groups excluding carboxylic acids is 1. The highest BCUT2D eigenvalue weighted by Gasteiger charge is 2.18. The van der Waals surface area contributed by atoms with Crippen molar-refractivity contribution in [2.75, 3.05) is 40.0 Å². The van der Waals surface area contributed by atoms with Crippen molar-refractivity contribution in [3.63, 3.8) is 0 Å². The predicted molar refractivity (Wildman–Crippen MR) is 87.6 cm³/mol. The van der Waals surface area contributed by atoms with Gasteiger partial charge in [-0.1, -0.05) is 12.1 Å². The number of methoxy groups -OCH3 is 1. The van der Waals surface area contributed by atoms with Crippen LogP contribution >= 0.6 is 0 Å². The van der Waals surface area contributed by atoms with Crippen molar-refractivity contribution in [1.82, 2.24) is 10.6 Å². The van der Waals surface area contributed by atoms with Gasteiger partial charge in [-0.2, -0.15) is 0 Å². The van der Waals surface area contributed by atoms with E-state index in [9.17, 15) is 4.79 Å². The Balaban J connectivity index is 1.84. The molecule has 2 N–H and O–H groups in total. The Labute approximate surface area is 137 Å². The van der Waals surface area contributed by atoms with Crippen LogP contribution in [-0.2, 0) is 20.8 Å². The van der Waals surface area contributed by atoms with Crippen molar-refractivity contribution < 1.29 is 19.0 Å². The van der Waals surface area contributed by atoms with E-state index >= 15 is 0 Å². The highest BCUT2D eigenvalue weighted by atomic mass is 16.5. The van der Waals surface area contributed by atoms with Crippen molar-refractivity contribution in [1.29, 1.82) is 0 Å². The topological polar surface area (TPSA) is 68.8 Å². The largest absolute Gasteiger partial charge is 0.488 e. The van der Waals surface area contributed by atoms with E-state index < -0.39 is 0 Å². The molecule has 1 aliphatic rings. The average Bonchev–Trinajstić information content (AvgIpc) is 3.04. The van der Waals surface area contributed by atoms with Gasteiger partial charge in [0, 0.05) is 32.2 Å². The quantitative estimate of drug-likeness (QED) is 0.664. The molecule has 0 saturated carbocycles. The summed E-state index contributed by atoms with van der Waals surface area (Å²) in [4.78, 5) is 11.8. The molecule has 1 amide bonds. The van der Waals surface area contributed by atoms with Crippen molar-refractivity contribution >= 4 is 5.91 Å². The molecular weight excluding hydrogens is 296 g/mol. The third-order valence-electron chi connectivity index (χ3n) is 3.65. The van der Waals surface area contributed by atoms with E-state index in [2.05, 4.69) is 10.6 Å². The Morgan fingerprint density at radius 1 is 1.43 bits per heavy atom. The summed E-state index contributed by atoms with van der Waals surface area (Å²) in [5, 5.41) is 5.93. The number of hydrogen-bond acceptors (Lipinski definition) is 5. The van der Waals surface area contributed by atoms with Gasteiger partial charge in [-0.3, -0.25) is 4.79 Å². The minimum atomic E-state index is -0.0446. The van der Waals surface area contributed by atoms with Gasteiger partial charge < -0.3 is 24.8 Å². The number of rotatable bonds is 9. The molecule has 1 fully saturated rings. The minimum absolute atomic E-state index is 0.0446. The normalized spacial score (nSPS) is 17.2. The van der Waals surface area contributed by atoms with Gasteiger partial charge >= 0.3 is 0 Å². The van der Waals surface area contributed by atoms with Gasteiger partial charge in [-0.25, -0.2) is 0 Å². The number of aryl methyl sites for hydroxylation is 1. The van der Waals surface area contributed by atoms with Gasteiger partial charge in [0.1, 0.15) is 11.9 Å². The molecule has 1 saturated heterocycles. The zero-order chi connectivity index (χ0) is 16.5. The Kier molecular flexibility index (Phi) is 7.32. The fourth-order valence-electron chi connectivity index (χ4n) is 2.34. The monoisotopic (exact) mass is 322 g/mol. The fourth-order valence-corrected chi connectivity index (χ4v) is 2.34. The van der Waals surface area contributed by atoms with E-state index in [0.717, 1.165) is 29.9 Å². The molecule has 23 heavy (non-hydrogen) atoms. The summed E-state index contributed by atoms with van der Waals surface area (Å²) in [5.41, 5.74) is 2.11. The van der Waals surface area contributed by atoms with E-state index in [1.54, 1.807) is 7.11 Å². The molecule has 128 valence electrons. The van der Waals surface area contributed by atoms with Crippen LogP contribution in [0.25, 0.3) is 0 Å². The number of carbonyl (C=O) groups is 1. The van der Waals surface area contributed by atoms with E-state index in [1.165, 1.54) is 0 Å². The molecule has 0 aromatic heterocycles. The van der Waals surface area contributed by atoms with E-state index in [-0.39, 0.29) is 18.6 Å². The van der Waals surface area contributed by atoms with Crippen LogP contribution < -0.4 is 15.4 Å². The van der Waals surface area contributed by atoms with Crippen LogP contribution in [0.5, 0.6) is 5.75 Å². The molecule has 6 nitrogen and oxygen atoms in total. The lowest BCUT2D eigenvalue weighted by molar-refractivity contribution is -0.120. The molecule has 0 radical (unpaired) electrons. The maximum atomic E-state index is 11.8.